The predicted molar refractivity (Wildman–Crippen MR) is 68.1 cm³/mol. The number of aromatic nitrogens is 2. The summed E-state index contributed by atoms with van der Waals surface area (Å²) >= 11 is 5.91. The van der Waals surface area contributed by atoms with Gasteiger partial charge in [0.25, 0.3) is 0 Å². The molecule has 94 valence electrons. The minimum atomic E-state index is -0.359. The largest absolute Gasteiger partial charge is 0.357 e. The molecule has 5 nitrogen and oxygen atoms in total. The number of carbonyl (C=O) groups excluding carboxylic acids is 1. The number of hydrogen-bond donors (Lipinski definition) is 1. The van der Waals surface area contributed by atoms with Crippen molar-refractivity contribution in [3.63, 3.8) is 0 Å². The molecule has 6 heteroatoms. The highest BCUT2D eigenvalue weighted by Crippen LogP contribution is 2.17. The van der Waals surface area contributed by atoms with Gasteiger partial charge in [-0.25, -0.2) is 9.97 Å². The normalized spacial score (nSPS) is 12.0. The molecule has 0 fully saturated rings. The lowest BCUT2D eigenvalue weighted by atomic mass is 10.2. The SMILES string of the molecule is CCN(CC)C(=O)C(C)Nc1ncncc1Cl. The predicted octanol–water partition coefficient (Wildman–Crippen LogP) is 1.80. The second-order valence-electron chi connectivity index (χ2n) is 3.60. The zero-order chi connectivity index (χ0) is 12.8. The summed E-state index contributed by atoms with van der Waals surface area (Å²) < 4.78 is 0. The molecular formula is C11H17ClN4O. The Kier molecular flexibility index (Phi) is 5.15. The summed E-state index contributed by atoms with van der Waals surface area (Å²) in [6, 6.07) is -0.359. The van der Waals surface area contributed by atoms with Crippen LogP contribution in [-0.4, -0.2) is 39.9 Å². The molecule has 0 aromatic carbocycles. The van der Waals surface area contributed by atoms with Crippen LogP contribution in [0.3, 0.4) is 0 Å². The van der Waals surface area contributed by atoms with E-state index in [1.165, 1.54) is 12.5 Å². The van der Waals surface area contributed by atoms with Crippen LogP contribution in [0.5, 0.6) is 0 Å². The smallest absolute Gasteiger partial charge is 0.244 e. The van der Waals surface area contributed by atoms with Gasteiger partial charge in [0.15, 0.2) is 0 Å². The Bertz CT molecular complexity index is 381. The zero-order valence-electron chi connectivity index (χ0n) is 10.3. The van der Waals surface area contributed by atoms with Crippen LogP contribution in [0.2, 0.25) is 5.02 Å². The fourth-order valence-electron chi connectivity index (χ4n) is 1.49. The third kappa shape index (κ3) is 3.56. The third-order valence-electron chi connectivity index (χ3n) is 2.47. The van der Waals surface area contributed by atoms with Crippen molar-refractivity contribution in [1.82, 2.24) is 14.9 Å². The first-order valence-electron chi connectivity index (χ1n) is 5.60. The minimum absolute atomic E-state index is 0.0321. The zero-order valence-corrected chi connectivity index (χ0v) is 11.0. The van der Waals surface area contributed by atoms with Crippen LogP contribution in [-0.2, 0) is 4.79 Å². The van der Waals surface area contributed by atoms with E-state index in [1.807, 2.05) is 13.8 Å². The van der Waals surface area contributed by atoms with Crippen molar-refractivity contribution >= 4 is 23.3 Å². The van der Waals surface area contributed by atoms with Crippen LogP contribution in [0.15, 0.2) is 12.5 Å². The highest BCUT2D eigenvalue weighted by Gasteiger charge is 2.18. The average molecular weight is 257 g/mol. The van der Waals surface area contributed by atoms with E-state index in [9.17, 15) is 4.79 Å². The summed E-state index contributed by atoms with van der Waals surface area (Å²) in [6.45, 7) is 7.08. The lowest BCUT2D eigenvalue weighted by Gasteiger charge is -2.23. The molecule has 1 amide bonds. The van der Waals surface area contributed by atoms with Crippen LogP contribution in [0.25, 0.3) is 0 Å². The number of nitrogens with zero attached hydrogens (tertiary/aromatic N) is 3. The van der Waals surface area contributed by atoms with Gasteiger partial charge in [-0.1, -0.05) is 11.6 Å². The summed E-state index contributed by atoms with van der Waals surface area (Å²) in [6.07, 6.45) is 2.88. The standard InChI is InChI=1S/C11H17ClN4O/c1-4-16(5-2)11(17)8(3)15-10-9(12)6-13-7-14-10/h6-8H,4-5H2,1-3H3,(H,13,14,15). The fraction of sp³-hybridized carbons (Fsp3) is 0.545. The molecule has 1 aromatic rings. The van der Waals surface area contributed by atoms with Crippen molar-refractivity contribution in [3.8, 4) is 0 Å². The summed E-state index contributed by atoms with van der Waals surface area (Å²) in [5.41, 5.74) is 0. The average Bonchev–Trinajstić information content (AvgIpc) is 2.33. The van der Waals surface area contributed by atoms with Gasteiger partial charge in [-0.3, -0.25) is 4.79 Å². The quantitative estimate of drug-likeness (QED) is 0.873. The Hall–Kier alpha value is -1.36. The Morgan fingerprint density at radius 3 is 2.71 bits per heavy atom. The molecule has 0 aliphatic carbocycles. The van der Waals surface area contributed by atoms with Gasteiger partial charge in [0.05, 0.1) is 6.20 Å². The van der Waals surface area contributed by atoms with E-state index in [4.69, 9.17) is 11.6 Å². The molecule has 1 rings (SSSR count). The van der Waals surface area contributed by atoms with Crippen LogP contribution in [0, 0.1) is 0 Å². The van der Waals surface area contributed by atoms with Crippen molar-refractivity contribution in [1.29, 1.82) is 0 Å². The van der Waals surface area contributed by atoms with Gasteiger partial charge in [-0.15, -0.1) is 0 Å². The highest BCUT2D eigenvalue weighted by atomic mass is 35.5. The van der Waals surface area contributed by atoms with Gasteiger partial charge in [0, 0.05) is 13.1 Å². The van der Waals surface area contributed by atoms with Crippen LogP contribution < -0.4 is 5.32 Å². The fourth-order valence-corrected chi connectivity index (χ4v) is 1.65. The van der Waals surface area contributed by atoms with E-state index in [-0.39, 0.29) is 11.9 Å². The van der Waals surface area contributed by atoms with Crippen molar-refractivity contribution in [3.05, 3.63) is 17.5 Å². The second-order valence-corrected chi connectivity index (χ2v) is 4.00. The summed E-state index contributed by atoms with van der Waals surface area (Å²) in [4.78, 5) is 21.5. The second kappa shape index (κ2) is 6.39. The molecule has 1 aromatic heterocycles. The molecule has 0 saturated carbocycles. The molecule has 0 bridgehead atoms. The van der Waals surface area contributed by atoms with E-state index in [0.717, 1.165) is 0 Å². The maximum Gasteiger partial charge on any atom is 0.244 e. The van der Waals surface area contributed by atoms with Gasteiger partial charge in [0.2, 0.25) is 5.91 Å². The van der Waals surface area contributed by atoms with Gasteiger partial charge in [-0.05, 0) is 20.8 Å². The number of halogens is 1. The van der Waals surface area contributed by atoms with Crippen molar-refractivity contribution in [2.75, 3.05) is 18.4 Å². The molecule has 0 saturated heterocycles. The first-order valence-corrected chi connectivity index (χ1v) is 5.98. The molecule has 17 heavy (non-hydrogen) atoms. The van der Waals surface area contributed by atoms with E-state index in [1.54, 1.807) is 11.8 Å². The maximum atomic E-state index is 12.0. The maximum absolute atomic E-state index is 12.0. The molecule has 0 aliphatic rings. The summed E-state index contributed by atoms with van der Waals surface area (Å²) in [5.74, 6) is 0.513. The molecular weight excluding hydrogens is 240 g/mol. The Morgan fingerprint density at radius 2 is 2.18 bits per heavy atom. The lowest BCUT2D eigenvalue weighted by Crippen LogP contribution is -2.41. The number of carbonyl (C=O) groups is 1. The van der Waals surface area contributed by atoms with Gasteiger partial charge < -0.3 is 10.2 Å². The monoisotopic (exact) mass is 256 g/mol. The lowest BCUT2D eigenvalue weighted by molar-refractivity contribution is -0.131. The van der Waals surface area contributed by atoms with Crippen LogP contribution >= 0.6 is 11.6 Å². The van der Waals surface area contributed by atoms with E-state index in [0.29, 0.717) is 23.9 Å². The molecule has 1 unspecified atom stereocenters. The number of likely N-dealkylation sites (N-methyl/N-ethyl adjacent to an activating group) is 1. The Morgan fingerprint density at radius 1 is 1.53 bits per heavy atom. The van der Waals surface area contributed by atoms with Crippen molar-refractivity contribution in [2.45, 2.75) is 26.8 Å². The molecule has 0 spiro atoms. The van der Waals surface area contributed by atoms with E-state index < -0.39 is 0 Å². The summed E-state index contributed by atoms with van der Waals surface area (Å²) in [5, 5.41) is 3.39. The number of rotatable bonds is 5. The third-order valence-corrected chi connectivity index (χ3v) is 2.74. The van der Waals surface area contributed by atoms with Crippen LogP contribution in [0.1, 0.15) is 20.8 Å². The summed E-state index contributed by atoms with van der Waals surface area (Å²) in [7, 11) is 0. The van der Waals surface area contributed by atoms with E-state index >= 15 is 0 Å². The first-order chi connectivity index (χ1) is 8.10. The molecule has 1 N–H and O–H groups in total. The van der Waals surface area contributed by atoms with Crippen molar-refractivity contribution < 1.29 is 4.79 Å². The molecule has 0 radical (unpaired) electrons. The number of nitrogens with one attached hydrogen (secondary N) is 1. The molecule has 0 aliphatic heterocycles. The number of anilines is 1. The number of hydrogen-bond acceptors (Lipinski definition) is 4. The van der Waals surface area contributed by atoms with Gasteiger partial charge >= 0.3 is 0 Å². The van der Waals surface area contributed by atoms with Crippen LogP contribution in [0.4, 0.5) is 5.82 Å². The topological polar surface area (TPSA) is 58.1 Å². The Balaban J connectivity index is 2.69. The highest BCUT2D eigenvalue weighted by molar-refractivity contribution is 6.32. The molecule has 1 heterocycles. The van der Waals surface area contributed by atoms with E-state index in [2.05, 4.69) is 15.3 Å². The minimum Gasteiger partial charge on any atom is -0.357 e. The van der Waals surface area contributed by atoms with Gasteiger partial charge in [-0.2, -0.15) is 0 Å². The van der Waals surface area contributed by atoms with Crippen molar-refractivity contribution in [2.24, 2.45) is 0 Å². The molecule has 1 atom stereocenters. The first kappa shape index (κ1) is 13.7. The Labute approximate surface area is 106 Å². The number of amides is 1. The van der Waals surface area contributed by atoms with Gasteiger partial charge in [0.1, 0.15) is 23.2 Å².